The number of nitrogens with one attached hydrogen (secondary N) is 1. The second-order valence-corrected chi connectivity index (χ2v) is 13.7. The van der Waals surface area contributed by atoms with Gasteiger partial charge in [0.05, 0.1) is 18.8 Å². The van der Waals surface area contributed by atoms with Crippen LogP contribution in [-0.4, -0.2) is 34.9 Å². The number of carbonyl (C=O) groups excluding carboxylic acids is 1. The van der Waals surface area contributed by atoms with Crippen LogP contribution < -0.4 is 5.32 Å². The zero-order chi connectivity index (χ0) is 39.3. The van der Waals surface area contributed by atoms with Gasteiger partial charge in [0.1, 0.15) is 0 Å². The topological polar surface area (TPSA) is 69.6 Å². The molecule has 2 atom stereocenters. The van der Waals surface area contributed by atoms with E-state index in [4.69, 9.17) is 0 Å². The monoisotopic (exact) mass is 742 g/mol. The number of rotatable bonds is 36. The first-order valence-electron chi connectivity index (χ1n) is 21.4. The summed E-state index contributed by atoms with van der Waals surface area (Å²) in [5.74, 6) is -0.0701. The van der Waals surface area contributed by atoms with Gasteiger partial charge in [0.15, 0.2) is 0 Å². The lowest BCUT2D eigenvalue weighted by molar-refractivity contribution is -0.123. The van der Waals surface area contributed by atoms with Crippen LogP contribution in [0.3, 0.4) is 0 Å². The maximum atomic E-state index is 12.2. The Morgan fingerprint density at radius 3 is 1.19 bits per heavy atom. The SMILES string of the molecule is CC/C=C\C/C=C\C/C=C\C/C=C\C/C=C\C/C=C\C/C=C\C/C=C\C/C=C\C/C=C\C/C=C\CCCCCCCC(=O)NC(CO)C(O)CCCCC. The van der Waals surface area contributed by atoms with E-state index in [1.165, 1.54) is 12.8 Å². The van der Waals surface area contributed by atoms with Crippen molar-refractivity contribution >= 4 is 5.91 Å². The first-order chi connectivity index (χ1) is 26.7. The lowest BCUT2D eigenvalue weighted by atomic mass is 10.0. The number of carbonyl (C=O) groups is 1. The number of allylic oxidation sites excluding steroid dienone is 22. The predicted octanol–water partition coefficient (Wildman–Crippen LogP) is 13.6. The van der Waals surface area contributed by atoms with Crippen LogP contribution in [0.1, 0.15) is 155 Å². The van der Waals surface area contributed by atoms with Gasteiger partial charge < -0.3 is 15.5 Å². The van der Waals surface area contributed by atoms with Gasteiger partial charge in [-0.15, -0.1) is 0 Å². The molecule has 0 aromatic carbocycles. The first-order valence-corrected chi connectivity index (χ1v) is 21.4. The van der Waals surface area contributed by atoms with Crippen LogP contribution in [0.25, 0.3) is 0 Å². The molecule has 0 aliphatic heterocycles. The quantitative estimate of drug-likeness (QED) is 0.0442. The number of unbranched alkanes of at least 4 members (excludes halogenated alkanes) is 7. The standard InChI is InChI=1S/C50H79NO3/c1-3-5-7-8-9-10-11-12-13-14-15-16-17-18-19-20-21-22-23-24-25-26-27-28-29-30-31-32-33-34-35-36-37-38-39-40-41-42-44-46-50(54)51-48(47-52)49(53)45-43-6-4-2/h5,7,9-10,12-13,15-16,18-19,21-22,24-25,27-28,30-31,33-34,36-37,48-49,52-53H,3-4,6,8,11,14,17,20,23,26,29,32,35,38-47H2,1-2H3,(H,51,54)/b7-5-,10-9-,13-12-,16-15-,19-18-,22-21-,25-24-,28-27-,31-30-,34-33-,37-36-. The fourth-order valence-electron chi connectivity index (χ4n) is 5.42. The van der Waals surface area contributed by atoms with E-state index >= 15 is 0 Å². The highest BCUT2D eigenvalue weighted by Gasteiger charge is 2.19. The summed E-state index contributed by atoms with van der Waals surface area (Å²) in [5.41, 5.74) is 0. The highest BCUT2D eigenvalue weighted by atomic mass is 16.3. The Morgan fingerprint density at radius 1 is 0.463 bits per heavy atom. The summed E-state index contributed by atoms with van der Waals surface area (Å²) >= 11 is 0. The van der Waals surface area contributed by atoms with Crippen molar-refractivity contribution < 1.29 is 15.0 Å². The molecule has 302 valence electrons. The van der Waals surface area contributed by atoms with Crippen molar-refractivity contribution in [2.24, 2.45) is 0 Å². The molecule has 0 saturated heterocycles. The van der Waals surface area contributed by atoms with E-state index in [9.17, 15) is 15.0 Å². The van der Waals surface area contributed by atoms with Crippen molar-refractivity contribution in [3.63, 3.8) is 0 Å². The molecule has 0 rings (SSSR count). The highest BCUT2D eigenvalue weighted by molar-refractivity contribution is 5.76. The van der Waals surface area contributed by atoms with Crippen LogP contribution in [0.5, 0.6) is 0 Å². The molecular weight excluding hydrogens is 663 g/mol. The van der Waals surface area contributed by atoms with Crippen molar-refractivity contribution in [2.45, 2.75) is 167 Å². The molecular formula is C50H79NO3. The molecule has 0 spiro atoms. The third-order valence-corrected chi connectivity index (χ3v) is 8.68. The number of hydrogen-bond acceptors (Lipinski definition) is 3. The van der Waals surface area contributed by atoms with Crippen molar-refractivity contribution in [3.8, 4) is 0 Å². The summed E-state index contributed by atoms with van der Waals surface area (Å²) in [7, 11) is 0. The van der Waals surface area contributed by atoms with E-state index in [2.05, 4.69) is 153 Å². The van der Waals surface area contributed by atoms with Crippen molar-refractivity contribution in [3.05, 3.63) is 134 Å². The van der Waals surface area contributed by atoms with E-state index < -0.39 is 12.1 Å². The molecule has 0 aromatic rings. The first kappa shape index (κ1) is 50.5. The summed E-state index contributed by atoms with van der Waals surface area (Å²) in [6, 6.07) is -0.551. The van der Waals surface area contributed by atoms with E-state index in [1.54, 1.807) is 0 Å². The zero-order valence-electron chi connectivity index (χ0n) is 34.4. The van der Waals surface area contributed by atoms with Gasteiger partial charge in [-0.3, -0.25) is 4.79 Å². The second-order valence-electron chi connectivity index (χ2n) is 13.7. The minimum absolute atomic E-state index is 0.0701. The van der Waals surface area contributed by atoms with Gasteiger partial charge in [-0.2, -0.15) is 0 Å². The van der Waals surface area contributed by atoms with Crippen LogP contribution in [0.2, 0.25) is 0 Å². The Hall–Kier alpha value is -3.47. The maximum Gasteiger partial charge on any atom is 0.220 e. The molecule has 54 heavy (non-hydrogen) atoms. The smallest absolute Gasteiger partial charge is 0.220 e. The lowest BCUT2D eigenvalue weighted by Gasteiger charge is -2.22. The van der Waals surface area contributed by atoms with Crippen LogP contribution in [0.4, 0.5) is 0 Å². The Morgan fingerprint density at radius 2 is 0.815 bits per heavy atom. The third-order valence-electron chi connectivity index (χ3n) is 8.68. The largest absolute Gasteiger partial charge is 0.394 e. The molecule has 1 amide bonds. The fraction of sp³-hybridized carbons (Fsp3) is 0.540. The summed E-state index contributed by atoms with van der Waals surface area (Å²) in [6.45, 7) is 4.06. The minimum Gasteiger partial charge on any atom is -0.394 e. The average molecular weight is 742 g/mol. The molecule has 0 aromatic heterocycles. The summed E-state index contributed by atoms with van der Waals surface area (Å²) in [4.78, 5) is 12.2. The molecule has 2 unspecified atom stereocenters. The maximum absolute atomic E-state index is 12.2. The van der Waals surface area contributed by atoms with E-state index in [0.29, 0.717) is 12.8 Å². The van der Waals surface area contributed by atoms with Gasteiger partial charge in [-0.25, -0.2) is 0 Å². The molecule has 3 N–H and O–H groups in total. The van der Waals surface area contributed by atoms with Crippen LogP contribution in [-0.2, 0) is 4.79 Å². The summed E-state index contributed by atoms with van der Waals surface area (Å²) in [6.07, 6.45) is 70.2. The highest BCUT2D eigenvalue weighted by Crippen LogP contribution is 2.10. The Labute approximate surface area is 332 Å². The van der Waals surface area contributed by atoms with Crippen molar-refractivity contribution in [2.75, 3.05) is 6.61 Å². The van der Waals surface area contributed by atoms with E-state index in [-0.39, 0.29) is 12.5 Å². The Balaban J connectivity index is 3.66. The molecule has 0 fully saturated rings. The van der Waals surface area contributed by atoms with Gasteiger partial charge >= 0.3 is 0 Å². The Kier molecular flexibility index (Phi) is 41.1. The third kappa shape index (κ3) is 39.7. The van der Waals surface area contributed by atoms with Crippen molar-refractivity contribution in [1.82, 2.24) is 5.32 Å². The molecule has 0 aliphatic rings. The minimum atomic E-state index is -0.673. The van der Waals surface area contributed by atoms with Gasteiger partial charge in [-0.05, 0) is 96.3 Å². The van der Waals surface area contributed by atoms with Crippen LogP contribution in [0.15, 0.2) is 134 Å². The molecule has 0 bridgehead atoms. The number of amides is 1. The summed E-state index contributed by atoms with van der Waals surface area (Å²) in [5, 5.41) is 22.5. The van der Waals surface area contributed by atoms with Gasteiger partial charge in [0.2, 0.25) is 5.91 Å². The molecule has 0 saturated carbocycles. The van der Waals surface area contributed by atoms with Gasteiger partial charge in [0, 0.05) is 6.42 Å². The number of hydrogen-bond donors (Lipinski definition) is 3. The Bertz CT molecular complexity index is 1160. The number of aliphatic hydroxyl groups excluding tert-OH is 2. The number of aliphatic hydroxyl groups is 2. The molecule has 0 heterocycles. The molecule has 4 nitrogen and oxygen atoms in total. The predicted molar refractivity (Wildman–Crippen MR) is 238 cm³/mol. The van der Waals surface area contributed by atoms with Gasteiger partial charge in [0.25, 0.3) is 0 Å². The van der Waals surface area contributed by atoms with E-state index in [1.807, 2.05) is 0 Å². The lowest BCUT2D eigenvalue weighted by Crippen LogP contribution is -2.45. The van der Waals surface area contributed by atoms with Crippen LogP contribution in [0, 0.1) is 0 Å². The second kappa shape index (κ2) is 43.9. The average Bonchev–Trinajstić information content (AvgIpc) is 3.17. The molecule has 0 radical (unpaired) electrons. The normalized spacial score (nSPS) is 14.4. The van der Waals surface area contributed by atoms with E-state index in [0.717, 1.165) is 116 Å². The fourth-order valence-corrected chi connectivity index (χ4v) is 5.42. The van der Waals surface area contributed by atoms with Crippen molar-refractivity contribution in [1.29, 1.82) is 0 Å². The summed E-state index contributed by atoms with van der Waals surface area (Å²) < 4.78 is 0. The van der Waals surface area contributed by atoms with Gasteiger partial charge in [-0.1, -0.05) is 186 Å². The molecule has 4 heteroatoms. The van der Waals surface area contributed by atoms with Crippen LogP contribution >= 0.6 is 0 Å². The zero-order valence-corrected chi connectivity index (χ0v) is 34.4. The molecule has 0 aliphatic carbocycles.